The number of morpholine rings is 1. The number of aliphatic hydroxyl groups is 1. The number of rotatable bonds is 7. The van der Waals surface area contributed by atoms with E-state index in [-0.39, 0.29) is 6.61 Å². The zero-order valence-corrected chi connectivity index (χ0v) is 16.2. The molecule has 1 aliphatic heterocycles. The van der Waals surface area contributed by atoms with Crippen LogP contribution in [0.1, 0.15) is 12.2 Å². The van der Waals surface area contributed by atoms with Gasteiger partial charge < -0.3 is 20.1 Å². The molecule has 3 aromatic heterocycles. The second-order valence-electron chi connectivity index (χ2n) is 6.34. The molecule has 3 N–H and O–H groups in total. The molecule has 0 aromatic carbocycles. The molecule has 1 fully saturated rings. The molecule has 4 heterocycles. The Hall–Kier alpha value is -1.58. The minimum absolute atomic E-state index is 0.174. The highest BCUT2D eigenvalue weighted by atomic mass is 32.1. The first-order valence-electron chi connectivity index (χ1n) is 8.93. The van der Waals surface area contributed by atoms with Gasteiger partial charge in [-0.1, -0.05) is 6.07 Å². The molecule has 26 heavy (non-hydrogen) atoms. The molecule has 0 radical (unpaired) electrons. The summed E-state index contributed by atoms with van der Waals surface area (Å²) in [5.74, 6) is 1.76. The Labute approximate surface area is 160 Å². The summed E-state index contributed by atoms with van der Waals surface area (Å²) in [6.45, 7) is 5.31. The number of hydrogen-bond acceptors (Lipinski definition) is 7. The number of ether oxygens (including phenoxy) is 1. The minimum Gasteiger partial charge on any atom is -0.396 e. The maximum atomic E-state index is 9.11. The van der Waals surface area contributed by atoms with E-state index < -0.39 is 0 Å². The number of nitrogens with one attached hydrogen (secondary N) is 2. The van der Waals surface area contributed by atoms with Crippen molar-refractivity contribution in [3.63, 3.8) is 0 Å². The predicted octanol–water partition coefficient (Wildman–Crippen LogP) is 1.63. The van der Waals surface area contributed by atoms with Crippen molar-refractivity contribution in [1.82, 2.24) is 9.97 Å². The smallest absolute Gasteiger partial charge is 0.187 e. The van der Waals surface area contributed by atoms with E-state index in [1.165, 1.54) is 15.3 Å². The second kappa shape index (κ2) is 8.41. The van der Waals surface area contributed by atoms with E-state index >= 15 is 0 Å². The lowest BCUT2D eigenvalue weighted by atomic mass is 10.2. The fourth-order valence-electron chi connectivity index (χ4n) is 3.15. The van der Waals surface area contributed by atoms with Crippen LogP contribution in [-0.4, -0.2) is 54.5 Å². The molecule has 0 unspecified atom stereocenters. The van der Waals surface area contributed by atoms with Crippen molar-refractivity contribution in [3.8, 4) is 10.4 Å². The molecule has 0 saturated carbocycles. The van der Waals surface area contributed by atoms with Gasteiger partial charge in [-0.05, 0) is 17.9 Å². The van der Waals surface area contributed by atoms with Gasteiger partial charge in [0.15, 0.2) is 5.82 Å². The number of aromatic nitrogens is 2. The van der Waals surface area contributed by atoms with Gasteiger partial charge in [0.1, 0.15) is 30.3 Å². The van der Waals surface area contributed by atoms with Gasteiger partial charge in [0, 0.05) is 29.0 Å². The Morgan fingerprint density at radius 3 is 2.88 bits per heavy atom. The van der Waals surface area contributed by atoms with Gasteiger partial charge in [-0.3, -0.25) is 0 Å². The van der Waals surface area contributed by atoms with Crippen molar-refractivity contribution in [2.45, 2.75) is 13.0 Å². The predicted molar refractivity (Wildman–Crippen MR) is 106 cm³/mol. The van der Waals surface area contributed by atoms with Crippen molar-refractivity contribution in [3.05, 3.63) is 28.7 Å². The molecule has 0 aliphatic carbocycles. The SMILES string of the molecule is OCCCNc1nc(C[NH+]2CCOCC2)nc2scc(-c3cccs3)c12. The van der Waals surface area contributed by atoms with Crippen molar-refractivity contribution in [1.29, 1.82) is 0 Å². The molecule has 4 rings (SSSR count). The summed E-state index contributed by atoms with van der Waals surface area (Å²) >= 11 is 3.40. The van der Waals surface area contributed by atoms with Gasteiger partial charge in [0.25, 0.3) is 0 Å². The summed E-state index contributed by atoms with van der Waals surface area (Å²) in [6, 6.07) is 4.20. The number of hydrogen-bond donors (Lipinski definition) is 3. The van der Waals surface area contributed by atoms with E-state index in [9.17, 15) is 0 Å². The Morgan fingerprint density at radius 2 is 2.12 bits per heavy atom. The number of thiophene rings is 2. The molecule has 1 saturated heterocycles. The first kappa shape index (κ1) is 17.8. The van der Waals surface area contributed by atoms with Crippen LogP contribution >= 0.6 is 22.7 Å². The first-order chi connectivity index (χ1) is 12.8. The van der Waals surface area contributed by atoms with Gasteiger partial charge in [-0.25, -0.2) is 9.97 Å². The summed E-state index contributed by atoms with van der Waals surface area (Å²) in [4.78, 5) is 13.4. The Morgan fingerprint density at radius 1 is 1.23 bits per heavy atom. The van der Waals surface area contributed by atoms with Crippen LogP contribution in [0.15, 0.2) is 22.9 Å². The first-order valence-corrected chi connectivity index (χ1v) is 10.7. The normalized spacial score (nSPS) is 15.6. The van der Waals surface area contributed by atoms with Gasteiger partial charge in [0.2, 0.25) is 0 Å². The number of anilines is 1. The Balaban J connectivity index is 1.68. The Bertz CT molecular complexity index is 844. The van der Waals surface area contributed by atoms with Crippen molar-refractivity contribution in [2.75, 3.05) is 44.8 Å². The minimum atomic E-state index is 0.174. The lowest BCUT2D eigenvalue weighted by molar-refractivity contribution is -0.922. The summed E-state index contributed by atoms with van der Waals surface area (Å²) in [5.41, 5.74) is 1.19. The van der Waals surface area contributed by atoms with E-state index in [0.717, 1.165) is 54.7 Å². The van der Waals surface area contributed by atoms with Gasteiger partial charge in [-0.15, -0.1) is 22.7 Å². The van der Waals surface area contributed by atoms with E-state index in [0.29, 0.717) is 13.0 Å². The molecule has 6 nitrogen and oxygen atoms in total. The molecule has 3 aromatic rings. The van der Waals surface area contributed by atoms with Crippen LogP contribution in [0.3, 0.4) is 0 Å². The molecular weight excluding hydrogens is 368 g/mol. The zero-order chi connectivity index (χ0) is 17.8. The van der Waals surface area contributed by atoms with E-state index in [1.54, 1.807) is 22.7 Å². The van der Waals surface area contributed by atoms with Crippen LogP contribution in [0.25, 0.3) is 20.7 Å². The van der Waals surface area contributed by atoms with E-state index in [4.69, 9.17) is 19.8 Å². The third-order valence-corrected chi connectivity index (χ3v) is 6.28. The van der Waals surface area contributed by atoms with Crippen molar-refractivity contribution in [2.24, 2.45) is 0 Å². The average molecular weight is 392 g/mol. The lowest BCUT2D eigenvalue weighted by Crippen LogP contribution is -3.12. The summed E-state index contributed by atoms with van der Waals surface area (Å²) in [5, 5.41) is 17.9. The van der Waals surface area contributed by atoms with Crippen LogP contribution in [0.4, 0.5) is 5.82 Å². The number of fused-ring (bicyclic) bond motifs is 1. The molecule has 1 aliphatic rings. The van der Waals surface area contributed by atoms with Crippen LogP contribution < -0.4 is 10.2 Å². The van der Waals surface area contributed by atoms with Crippen molar-refractivity contribution < 1.29 is 14.7 Å². The highest BCUT2D eigenvalue weighted by Gasteiger charge is 2.20. The highest BCUT2D eigenvalue weighted by Crippen LogP contribution is 2.38. The molecule has 138 valence electrons. The lowest BCUT2D eigenvalue weighted by Gasteiger charge is -2.23. The standard InChI is InChI=1S/C18H22N4O2S2/c23-7-2-4-19-17-16-13(14-3-1-10-25-14)12-26-18(16)21-15(20-17)11-22-5-8-24-9-6-22/h1,3,10,12,23H,2,4-9,11H2,(H,19,20,21)/p+1. The molecule has 0 amide bonds. The van der Waals surface area contributed by atoms with Crippen molar-refractivity contribution >= 4 is 38.7 Å². The van der Waals surface area contributed by atoms with Gasteiger partial charge >= 0.3 is 0 Å². The van der Waals surface area contributed by atoms with Crippen LogP contribution in [0.2, 0.25) is 0 Å². The topological polar surface area (TPSA) is 71.7 Å². The number of aliphatic hydroxyl groups excluding tert-OH is 1. The summed E-state index contributed by atoms with van der Waals surface area (Å²) < 4.78 is 5.45. The molecular formula is C18H23N4O2S2+. The number of quaternary nitrogens is 1. The van der Waals surface area contributed by atoms with Crippen LogP contribution in [-0.2, 0) is 11.3 Å². The molecule has 0 atom stereocenters. The fourth-order valence-corrected chi connectivity index (χ4v) is 4.93. The molecule has 0 spiro atoms. The fraction of sp³-hybridized carbons (Fsp3) is 0.444. The monoisotopic (exact) mass is 391 g/mol. The maximum absolute atomic E-state index is 9.11. The quantitative estimate of drug-likeness (QED) is 0.534. The van der Waals surface area contributed by atoms with E-state index in [2.05, 4.69) is 28.2 Å². The summed E-state index contributed by atoms with van der Waals surface area (Å²) in [7, 11) is 0. The second-order valence-corrected chi connectivity index (χ2v) is 8.14. The Kier molecular flexibility index (Phi) is 5.76. The number of nitrogens with zero attached hydrogens (tertiary/aromatic N) is 2. The maximum Gasteiger partial charge on any atom is 0.187 e. The van der Waals surface area contributed by atoms with Gasteiger partial charge in [0.05, 0.1) is 18.6 Å². The zero-order valence-electron chi connectivity index (χ0n) is 14.5. The van der Waals surface area contributed by atoms with Crippen LogP contribution in [0.5, 0.6) is 0 Å². The molecule has 8 heteroatoms. The average Bonchev–Trinajstić information content (AvgIpc) is 3.32. The third-order valence-electron chi connectivity index (χ3n) is 4.50. The van der Waals surface area contributed by atoms with Gasteiger partial charge in [-0.2, -0.15) is 0 Å². The largest absolute Gasteiger partial charge is 0.396 e. The highest BCUT2D eigenvalue weighted by molar-refractivity contribution is 7.18. The van der Waals surface area contributed by atoms with E-state index in [1.807, 2.05) is 0 Å². The molecule has 0 bridgehead atoms. The third kappa shape index (κ3) is 3.89. The summed E-state index contributed by atoms with van der Waals surface area (Å²) in [6.07, 6.45) is 0.702. The van der Waals surface area contributed by atoms with Crippen LogP contribution in [0, 0.1) is 0 Å².